The van der Waals surface area contributed by atoms with Crippen molar-refractivity contribution >= 4 is 23.0 Å². The summed E-state index contributed by atoms with van der Waals surface area (Å²) in [5.74, 6) is 0.868. The molecule has 0 aliphatic heterocycles. The summed E-state index contributed by atoms with van der Waals surface area (Å²) in [6, 6.07) is 22.8. The summed E-state index contributed by atoms with van der Waals surface area (Å²) in [6.07, 6.45) is 0. The number of hydrogen-bond acceptors (Lipinski definition) is 4. The van der Waals surface area contributed by atoms with Gasteiger partial charge in [-0.2, -0.15) is 0 Å². The summed E-state index contributed by atoms with van der Waals surface area (Å²) < 4.78 is 10.8. The Balaban J connectivity index is 1.65. The van der Waals surface area contributed by atoms with E-state index in [0.29, 0.717) is 17.2 Å². The summed E-state index contributed by atoms with van der Waals surface area (Å²) >= 11 is 0. The summed E-state index contributed by atoms with van der Waals surface area (Å²) in [7, 11) is 1.56. The SMILES string of the molecule is COc1ccccc1OCC(=O)Nc1ccccc1Nc1ccc(C)cc1. The predicted octanol–water partition coefficient (Wildman–Crippen LogP) is 4.76. The van der Waals surface area contributed by atoms with Crippen LogP contribution in [0.4, 0.5) is 17.1 Å². The summed E-state index contributed by atoms with van der Waals surface area (Å²) in [6.45, 7) is 1.93. The fraction of sp³-hybridized carbons (Fsp3) is 0.136. The number of benzene rings is 3. The van der Waals surface area contributed by atoms with Gasteiger partial charge in [0, 0.05) is 5.69 Å². The van der Waals surface area contributed by atoms with E-state index in [1.165, 1.54) is 5.56 Å². The molecule has 5 heteroatoms. The Morgan fingerprint density at radius 2 is 1.48 bits per heavy atom. The molecule has 0 saturated carbocycles. The van der Waals surface area contributed by atoms with Crippen LogP contribution in [0.2, 0.25) is 0 Å². The molecular weight excluding hydrogens is 340 g/mol. The van der Waals surface area contributed by atoms with Gasteiger partial charge < -0.3 is 20.1 Å². The van der Waals surface area contributed by atoms with Crippen LogP contribution in [0.1, 0.15) is 5.56 Å². The zero-order chi connectivity index (χ0) is 19.1. The smallest absolute Gasteiger partial charge is 0.262 e. The number of carbonyl (C=O) groups is 1. The van der Waals surface area contributed by atoms with Crippen molar-refractivity contribution in [1.29, 1.82) is 0 Å². The van der Waals surface area contributed by atoms with Gasteiger partial charge >= 0.3 is 0 Å². The minimum atomic E-state index is -0.251. The maximum absolute atomic E-state index is 12.3. The van der Waals surface area contributed by atoms with Gasteiger partial charge in [0.1, 0.15) is 0 Å². The summed E-state index contributed by atoms with van der Waals surface area (Å²) in [5, 5.41) is 6.20. The Labute approximate surface area is 158 Å². The van der Waals surface area contributed by atoms with Crippen LogP contribution in [0.25, 0.3) is 0 Å². The van der Waals surface area contributed by atoms with Gasteiger partial charge in [-0.3, -0.25) is 4.79 Å². The molecule has 0 aliphatic carbocycles. The minimum absolute atomic E-state index is 0.112. The van der Waals surface area contributed by atoms with Crippen LogP contribution < -0.4 is 20.1 Å². The fourth-order valence-corrected chi connectivity index (χ4v) is 2.56. The van der Waals surface area contributed by atoms with Crippen molar-refractivity contribution in [1.82, 2.24) is 0 Å². The third-order valence-electron chi connectivity index (χ3n) is 3.96. The number of ether oxygens (including phenoxy) is 2. The maximum Gasteiger partial charge on any atom is 0.262 e. The standard InChI is InChI=1S/C22H22N2O3/c1-16-11-13-17(14-12-16)23-18-7-3-4-8-19(18)24-22(25)15-27-21-10-6-5-9-20(21)26-2/h3-14,23H,15H2,1-2H3,(H,24,25). The first-order valence-electron chi connectivity index (χ1n) is 8.64. The number of rotatable bonds is 7. The second-order valence-electron chi connectivity index (χ2n) is 6.02. The number of anilines is 3. The van der Waals surface area contributed by atoms with E-state index in [0.717, 1.165) is 11.4 Å². The lowest BCUT2D eigenvalue weighted by Crippen LogP contribution is -2.20. The monoisotopic (exact) mass is 362 g/mol. The molecule has 3 aromatic rings. The molecule has 0 spiro atoms. The molecule has 3 aromatic carbocycles. The molecule has 0 aliphatic rings. The molecule has 0 fully saturated rings. The quantitative estimate of drug-likeness (QED) is 0.636. The van der Waals surface area contributed by atoms with Crippen molar-refractivity contribution in [2.24, 2.45) is 0 Å². The van der Waals surface area contributed by atoms with Crippen LogP contribution in [-0.4, -0.2) is 19.6 Å². The molecule has 2 N–H and O–H groups in total. The molecule has 3 rings (SSSR count). The Kier molecular flexibility index (Phi) is 5.94. The highest BCUT2D eigenvalue weighted by Gasteiger charge is 2.09. The van der Waals surface area contributed by atoms with Crippen molar-refractivity contribution < 1.29 is 14.3 Å². The van der Waals surface area contributed by atoms with Crippen molar-refractivity contribution in [3.05, 3.63) is 78.4 Å². The van der Waals surface area contributed by atoms with E-state index in [1.54, 1.807) is 19.2 Å². The lowest BCUT2D eigenvalue weighted by molar-refractivity contribution is -0.118. The Hall–Kier alpha value is -3.47. The number of aryl methyl sites for hydroxylation is 1. The minimum Gasteiger partial charge on any atom is -0.493 e. The number of carbonyl (C=O) groups excluding carboxylic acids is 1. The molecule has 0 atom stereocenters. The van der Waals surface area contributed by atoms with Crippen LogP contribution in [0.3, 0.4) is 0 Å². The number of para-hydroxylation sites is 4. The van der Waals surface area contributed by atoms with Gasteiger partial charge in [0.25, 0.3) is 5.91 Å². The molecule has 0 saturated heterocycles. The maximum atomic E-state index is 12.3. The fourth-order valence-electron chi connectivity index (χ4n) is 2.56. The van der Waals surface area contributed by atoms with Gasteiger partial charge in [-0.15, -0.1) is 0 Å². The number of methoxy groups -OCH3 is 1. The van der Waals surface area contributed by atoms with Gasteiger partial charge in [0.05, 0.1) is 18.5 Å². The first-order valence-corrected chi connectivity index (χ1v) is 8.64. The van der Waals surface area contributed by atoms with Crippen LogP contribution in [0.15, 0.2) is 72.8 Å². The second-order valence-corrected chi connectivity index (χ2v) is 6.02. The van der Waals surface area contributed by atoms with Gasteiger partial charge in [-0.1, -0.05) is 42.0 Å². The Morgan fingerprint density at radius 3 is 2.19 bits per heavy atom. The molecule has 0 aromatic heterocycles. The number of hydrogen-bond donors (Lipinski definition) is 2. The molecule has 1 amide bonds. The molecule has 0 radical (unpaired) electrons. The van der Waals surface area contributed by atoms with Crippen molar-refractivity contribution in [2.45, 2.75) is 6.92 Å². The van der Waals surface area contributed by atoms with Crippen molar-refractivity contribution in [2.75, 3.05) is 24.4 Å². The topological polar surface area (TPSA) is 59.6 Å². The largest absolute Gasteiger partial charge is 0.493 e. The molecule has 0 bridgehead atoms. The summed E-state index contributed by atoms with van der Waals surface area (Å²) in [5.41, 5.74) is 3.64. The molecule has 0 heterocycles. The Morgan fingerprint density at radius 1 is 0.852 bits per heavy atom. The molecule has 138 valence electrons. The number of nitrogens with one attached hydrogen (secondary N) is 2. The van der Waals surface area contributed by atoms with Crippen LogP contribution in [0, 0.1) is 6.92 Å². The summed E-state index contributed by atoms with van der Waals surface area (Å²) in [4.78, 5) is 12.3. The highest BCUT2D eigenvalue weighted by Crippen LogP contribution is 2.27. The molecular formula is C22H22N2O3. The van der Waals surface area contributed by atoms with E-state index in [2.05, 4.69) is 10.6 Å². The van der Waals surface area contributed by atoms with Crippen molar-refractivity contribution in [3.63, 3.8) is 0 Å². The first-order chi connectivity index (χ1) is 13.2. The van der Waals surface area contributed by atoms with E-state index in [-0.39, 0.29) is 12.5 Å². The van der Waals surface area contributed by atoms with Gasteiger partial charge in [-0.05, 0) is 43.3 Å². The van der Waals surface area contributed by atoms with Gasteiger partial charge in [-0.25, -0.2) is 0 Å². The van der Waals surface area contributed by atoms with E-state index in [4.69, 9.17) is 9.47 Å². The van der Waals surface area contributed by atoms with E-state index in [1.807, 2.05) is 67.6 Å². The highest BCUT2D eigenvalue weighted by atomic mass is 16.5. The third-order valence-corrected chi connectivity index (χ3v) is 3.96. The first kappa shape index (κ1) is 18.3. The zero-order valence-corrected chi connectivity index (χ0v) is 15.4. The Bertz CT molecular complexity index is 907. The van der Waals surface area contributed by atoms with Crippen LogP contribution in [-0.2, 0) is 4.79 Å². The van der Waals surface area contributed by atoms with Gasteiger partial charge in [0.15, 0.2) is 18.1 Å². The lowest BCUT2D eigenvalue weighted by atomic mass is 10.2. The predicted molar refractivity (Wildman–Crippen MR) is 108 cm³/mol. The van der Waals surface area contributed by atoms with Crippen LogP contribution in [0.5, 0.6) is 11.5 Å². The van der Waals surface area contributed by atoms with E-state index >= 15 is 0 Å². The lowest BCUT2D eigenvalue weighted by Gasteiger charge is -2.14. The van der Waals surface area contributed by atoms with E-state index in [9.17, 15) is 4.79 Å². The molecule has 5 nitrogen and oxygen atoms in total. The van der Waals surface area contributed by atoms with E-state index < -0.39 is 0 Å². The molecule has 0 unspecified atom stereocenters. The highest BCUT2D eigenvalue weighted by molar-refractivity contribution is 5.95. The van der Waals surface area contributed by atoms with Crippen molar-refractivity contribution in [3.8, 4) is 11.5 Å². The second kappa shape index (κ2) is 8.76. The average molecular weight is 362 g/mol. The average Bonchev–Trinajstić information content (AvgIpc) is 2.70. The third kappa shape index (κ3) is 5.01. The van der Waals surface area contributed by atoms with Gasteiger partial charge in [0.2, 0.25) is 0 Å². The number of amides is 1. The zero-order valence-electron chi connectivity index (χ0n) is 15.4. The normalized spacial score (nSPS) is 10.1. The molecule has 27 heavy (non-hydrogen) atoms. The van der Waals surface area contributed by atoms with Crippen LogP contribution >= 0.6 is 0 Å².